The highest BCUT2D eigenvalue weighted by atomic mass is 16.7. The Morgan fingerprint density at radius 2 is 2.15 bits per heavy atom. The van der Waals surface area contributed by atoms with Crippen LogP contribution in [0.25, 0.3) is 11.0 Å². The minimum atomic E-state index is -0.685. The zero-order valence-electron chi connectivity index (χ0n) is 14.9. The number of hydrogen-bond donors (Lipinski definition) is 1. The van der Waals surface area contributed by atoms with Crippen molar-refractivity contribution in [2.24, 2.45) is 7.05 Å². The van der Waals surface area contributed by atoms with Gasteiger partial charge in [-0.1, -0.05) is 25.1 Å². The van der Waals surface area contributed by atoms with Crippen LogP contribution in [0.1, 0.15) is 30.8 Å². The molecular weight excluding hydrogens is 330 g/mol. The number of amides is 1. The quantitative estimate of drug-likeness (QED) is 0.780. The van der Waals surface area contributed by atoms with Crippen LogP contribution in [-0.2, 0) is 23.0 Å². The van der Waals surface area contributed by atoms with Gasteiger partial charge in [0.05, 0.1) is 11.0 Å². The number of anilines is 1. The van der Waals surface area contributed by atoms with Crippen molar-refractivity contribution in [3.63, 3.8) is 0 Å². The highest BCUT2D eigenvalue weighted by molar-refractivity contribution is 5.97. The molecule has 26 heavy (non-hydrogen) atoms. The number of nitrogens with zero attached hydrogens (tertiary/aromatic N) is 2. The topological polar surface area (TPSA) is 65.4 Å². The summed E-state index contributed by atoms with van der Waals surface area (Å²) in [4.78, 5) is 17.4. The number of carbonyl (C=O) groups is 1. The van der Waals surface area contributed by atoms with Crippen LogP contribution in [0.5, 0.6) is 5.75 Å². The molecular formula is C20H21N3O3. The molecule has 1 aliphatic heterocycles. The lowest BCUT2D eigenvalue weighted by atomic mass is 10.1. The molecule has 0 saturated carbocycles. The van der Waals surface area contributed by atoms with E-state index in [0.29, 0.717) is 11.4 Å². The molecule has 1 aliphatic rings. The Hall–Kier alpha value is -2.86. The third kappa shape index (κ3) is 2.93. The second kappa shape index (κ2) is 6.80. The van der Waals surface area contributed by atoms with Gasteiger partial charge in [0.25, 0.3) is 5.91 Å². The van der Waals surface area contributed by atoms with Crippen LogP contribution in [0.3, 0.4) is 0 Å². The van der Waals surface area contributed by atoms with Crippen molar-refractivity contribution < 1.29 is 14.3 Å². The average molecular weight is 351 g/mol. The van der Waals surface area contributed by atoms with Gasteiger partial charge in [0.2, 0.25) is 0 Å². The summed E-state index contributed by atoms with van der Waals surface area (Å²) in [5, 5.41) is 2.94. The number of aromatic nitrogens is 2. The van der Waals surface area contributed by atoms with Crippen molar-refractivity contribution in [3.8, 4) is 5.75 Å². The van der Waals surface area contributed by atoms with Gasteiger partial charge >= 0.3 is 0 Å². The van der Waals surface area contributed by atoms with Crippen molar-refractivity contribution in [3.05, 3.63) is 53.9 Å². The first-order valence-electron chi connectivity index (χ1n) is 8.77. The Labute approximate surface area is 151 Å². The third-order valence-electron chi connectivity index (χ3n) is 4.60. The van der Waals surface area contributed by atoms with Crippen molar-refractivity contribution in [1.82, 2.24) is 9.55 Å². The van der Waals surface area contributed by atoms with Gasteiger partial charge in [0.15, 0.2) is 12.9 Å². The van der Waals surface area contributed by atoms with Gasteiger partial charge < -0.3 is 19.4 Å². The van der Waals surface area contributed by atoms with E-state index >= 15 is 0 Å². The lowest BCUT2D eigenvalue weighted by Gasteiger charge is -2.25. The Morgan fingerprint density at radius 1 is 1.31 bits per heavy atom. The zero-order valence-corrected chi connectivity index (χ0v) is 14.9. The molecule has 4 rings (SSSR count). The van der Waals surface area contributed by atoms with Gasteiger partial charge in [-0.2, -0.15) is 0 Å². The van der Waals surface area contributed by atoms with Crippen molar-refractivity contribution in [1.29, 1.82) is 0 Å². The predicted molar refractivity (Wildman–Crippen MR) is 99.1 cm³/mol. The minimum absolute atomic E-state index is 0.0642. The van der Waals surface area contributed by atoms with E-state index in [4.69, 9.17) is 9.47 Å². The van der Waals surface area contributed by atoms with Crippen LogP contribution >= 0.6 is 0 Å². The van der Waals surface area contributed by atoms with Gasteiger partial charge in [-0.05, 0) is 30.7 Å². The summed E-state index contributed by atoms with van der Waals surface area (Å²) in [6, 6.07) is 13.2. The standard InChI is InChI=1S/C20H21N3O3/c1-3-6-18-22-15-11-13(9-10-16(15)23(18)2)21-20(24)19-14-7-4-5-8-17(14)25-12-26-19/h4-5,7-11,19H,3,6,12H2,1-2H3,(H,21,24)/t19-/m0/s1. The third-order valence-corrected chi connectivity index (χ3v) is 4.60. The lowest BCUT2D eigenvalue weighted by Crippen LogP contribution is -2.28. The van der Waals surface area contributed by atoms with Crippen LogP contribution in [-0.4, -0.2) is 22.3 Å². The summed E-state index contributed by atoms with van der Waals surface area (Å²) in [5.74, 6) is 1.51. The molecule has 6 heteroatoms. The highest BCUT2D eigenvalue weighted by Gasteiger charge is 2.28. The molecule has 1 N–H and O–H groups in total. The number of ether oxygens (including phenoxy) is 2. The Bertz CT molecular complexity index is 964. The molecule has 1 amide bonds. The summed E-state index contributed by atoms with van der Waals surface area (Å²) in [6.45, 7) is 2.20. The van der Waals surface area contributed by atoms with Gasteiger partial charge in [0.1, 0.15) is 11.6 Å². The summed E-state index contributed by atoms with van der Waals surface area (Å²) in [7, 11) is 2.02. The molecule has 1 aromatic heterocycles. The molecule has 0 radical (unpaired) electrons. The van der Waals surface area contributed by atoms with Gasteiger partial charge in [-0.25, -0.2) is 4.98 Å². The van der Waals surface area contributed by atoms with E-state index in [-0.39, 0.29) is 12.7 Å². The summed E-state index contributed by atoms with van der Waals surface area (Å²) in [5.41, 5.74) is 3.37. The van der Waals surface area contributed by atoms with E-state index in [1.807, 2.05) is 49.5 Å². The fourth-order valence-electron chi connectivity index (χ4n) is 3.28. The van der Waals surface area contributed by atoms with Gasteiger partial charge in [0, 0.05) is 24.7 Å². The van der Waals surface area contributed by atoms with E-state index < -0.39 is 6.10 Å². The van der Waals surface area contributed by atoms with Crippen LogP contribution in [0, 0.1) is 0 Å². The van der Waals surface area contributed by atoms with Crippen molar-refractivity contribution >= 4 is 22.6 Å². The molecule has 2 heterocycles. The molecule has 134 valence electrons. The second-order valence-corrected chi connectivity index (χ2v) is 6.38. The molecule has 3 aromatic rings. The number of benzene rings is 2. The summed E-state index contributed by atoms with van der Waals surface area (Å²) in [6.07, 6.45) is 1.29. The van der Waals surface area contributed by atoms with Crippen LogP contribution in [0.4, 0.5) is 5.69 Å². The molecule has 2 aromatic carbocycles. The maximum atomic E-state index is 12.7. The number of hydrogen-bond acceptors (Lipinski definition) is 4. The Balaban J connectivity index is 1.58. The minimum Gasteiger partial charge on any atom is -0.467 e. The number of fused-ring (bicyclic) bond motifs is 2. The first-order chi connectivity index (χ1) is 12.7. The first kappa shape index (κ1) is 16.6. The van der Waals surface area contributed by atoms with E-state index in [0.717, 1.165) is 35.3 Å². The molecule has 0 unspecified atom stereocenters. The maximum absolute atomic E-state index is 12.7. The fraction of sp³-hybridized carbons (Fsp3) is 0.300. The molecule has 0 aliphatic carbocycles. The van der Waals surface area contributed by atoms with E-state index in [2.05, 4.69) is 21.8 Å². The fourth-order valence-corrected chi connectivity index (χ4v) is 3.28. The number of aryl methyl sites for hydroxylation is 2. The number of nitrogens with one attached hydrogen (secondary N) is 1. The highest BCUT2D eigenvalue weighted by Crippen LogP contribution is 2.32. The zero-order chi connectivity index (χ0) is 18.1. The lowest BCUT2D eigenvalue weighted by molar-refractivity contribution is -0.136. The normalized spacial score (nSPS) is 16.2. The summed E-state index contributed by atoms with van der Waals surface area (Å²) < 4.78 is 13.1. The van der Waals surface area contributed by atoms with Crippen molar-refractivity contribution in [2.45, 2.75) is 25.9 Å². The Kier molecular flexibility index (Phi) is 4.34. The summed E-state index contributed by atoms with van der Waals surface area (Å²) >= 11 is 0. The monoisotopic (exact) mass is 351 g/mol. The molecule has 0 fully saturated rings. The van der Waals surface area contributed by atoms with E-state index in [1.165, 1.54) is 0 Å². The van der Waals surface area contributed by atoms with Crippen LogP contribution in [0.2, 0.25) is 0 Å². The van der Waals surface area contributed by atoms with E-state index in [1.54, 1.807) is 0 Å². The smallest absolute Gasteiger partial charge is 0.258 e. The average Bonchev–Trinajstić information content (AvgIpc) is 2.96. The van der Waals surface area contributed by atoms with Gasteiger partial charge in [-0.3, -0.25) is 4.79 Å². The van der Waals surface area contributed by atoms with Crippen LogP contribution < -0.4 is 10.1 Å². The molecule has 0 spiro atoms. The number of carbonyl (C=O) groups excluding carboxylic acids is 1. The molecule has 6 nitrogen and oxygen atoms in total. The Morgan fingerprint density at radius 3 is 3.00 bits per heavy atom. The number of para-hydroxylation sites is 1. The maximum Gasteiger partial charge on any atom is 0.258 e. The second-order valence-electron chi connectivity index (χ2n) is 6.38. The molecule has 0 bridgehead atoms. The SMILES string of the molecule is CCCc1nc2cc(NC(=O)[C@H]3OCOc4ccccc43)ccc2n1C. The molecule has 0 saturated heterocycles. The molecule has 1 atom stereocenters. The number of rotatable bonds is 4. The van der Waals surface area contributed by atoms with Crippen LogP contribution in [0.15, 0.2) is 42.5 Å². The largest absolute Gasteiger partial charge is 0.467 e. The van der Waals surface area contributed by atoms with Gasteiger partial charge in [-0.15, -0.1) is 0 Å². The van der Waals surface area contributed by atoms with Crippen molar-refractivity contribution in [2.75, 3.05) is 12.1 Å². The van der Waals surface area contributed by atoms with E-state index in [9.17, 15) is 4.79 Å². The predicted octanol–water partition coefficient (Wildman–Crippen LogP) is 3.57. The number of imidazole rings is 1. The first-order valence-corrected chi connectivity index (χ1v) is 8.77.